The number of phenolic OH excluding ortho intramolecular Hbond substituents is 1. The highest BCUT2D eigenvalue weighted by molar-refractivity contribution is 5.31. The number of methoxy groups -OCH3 is 1. The van der Waals surface area contributed by atoms with Crippen molar-refractivity contribution in [2.75, 3.05) is 7.11 Å². The summed E-state index contributed by atoms with van der Waals surface area (Å²) in [5.74, 6) is -0.176. The Hall–Kier alpha value is -1.73. The van der Waals surface area contributed by atoms with Crippen molar-refractivity contribution in [1.82, 2.24) is 0 Å². The molecule has 62 valence electrons. The summed E-state index contributed by atoms with van der Waals surface area (Å²) in [6.45, 7) is 0. The lowest BCUT2D eigenvalue weighted by atomic mass is 10.2. The Kier molecular flexibility index (Phi) is 2.51. The minimum atomic E-state index is -0.305. The number of aliphatic hydroxyl groups is 1. The molecule has 0 heterocycles. The van der Waals surface area contributed by atoms with Gasteiger partial charge in [-0.1, -0.05) is 0 Å². The molecule has 0 unspecified atom stereocenters. The van der Waals surface area contributed by atoms with E-state index in [1.807, 2.05) is 0 Å². The molecule has 0 fully saturated rings. The first-order chi connectivity index (χ1) is 5.72. The summed E-state index contributed by atoms with van der Waals surface area (Å²) in [6.07, 6.45) is 2.52. The first-order valence-corrected chi connectivity index (χ1v) is 3.38. The van der Waals surface area contributed by atoms with Gasteiger partial charge in [-0.3, -0.25) is 0 Å². The highest BCUT2D eigenvalue weighted by Gasteiger charge is 2.04. The monoisotopic (exact) mass is 165 g/mol. The Morgan fingerprint density at radius 2 is 2.25 bits per heavy atom. The second-order valence-electron chi connectivity index (χ2n) is 2.18. The maximum absolute atomic E-state index is 9.03. The fraction of sp³-hybridized carbons (Fsp3) is 0.111. The lowest BCUT2D eigenvalue weighted by Gasteiger charge is -1.89. The van der Waals surface area contributed by atoms with Gasteiger partial charge in [0.1, 0.15) is 6.08 Å². The molecule has 3 heteroatoms. The summed E-state index contributed by atoms with van der Waals surface area (Å²) in [4.78, 5) is 0. The zero-order valence-corrected chi connectivity index (χ0v) is 6.61. The van der Waals surface area contributed by atoms with Gasteiger partial charge in [0, 0.05) is 12.1 Å². The van der Waals surface area contributed by atoms with Gasteiger partial charge in [0.2, 0.25) is 0 Å². The molecule has 0 radical (unpaired) electrons. The molecule has 1 aromatic carbocycles. The quantitative estimate of drug-likeness (QED) is 0.516. The average molecular weight is 165 g/mol. The second-order valence-corrected chi connectivity index (χ2v) is 2.18. The van der Waals surface area contributed by atoms with E-state index >= 15 is 0 Å². The standard InChI is InChI=1S/C9H8O3/c1-12-9(11)6-7-3-2-4-8(10)5-7/h2-5H,1H3,(H-,10,11)/p+1. The van der Waals surface area contributed by atoms with Crippen molar-refractivity contribution in [3.8, 4) is 5.75 Å². The number of aliphatic hydroxyl groups excluding tert-OH is 1. The molecule has 0 bridgehead atoms. The summed E-state index contributed by atoms with van der Waals surface area (Å²) < 4.78 is 4.47. The number of phenols is 1. The van der Waals surface area contributed by atoms with Crippen LogP contribution in [-0.4, -0.2) is 17.3 Å². The van der Waals surface area contributed by atoms with Crippen molar-refractivity contribution in [2.24, 2.45) is 0 Å². The van der Waals surface area contributed by atoms with E-state index in [1.54, 1.807) is 12.1 Å². The van der Waals surface area contributed by atoms with Gasteiger partial charge in [-0.2, -0.15) is 0 Å². The van der Waals surface area contributed by atoms with E-state index in [4.69, 9.17) is 10.2 Å². The van der Waals surface area contributed by atoms with E-state index in [-0.39, 0.29) is 11.7 Å². The van der Waals surface area contributed by atoms with Crippen LogP contribution in [0.25, 0.3) is 0 Å². The first kappa shape index (κ1) is 8.37. The van der Waals surface area contributed by atoms with Crippen LogP contribution in [0, 0.1) is 6.08 Å². The van der Waals surface area contributed by atoms with Crippen LogP contribution in [-0.2, 0) is 4.74 Å². The largest absolute Gasteiger partial charge is 0.497 e. The van der Waals surface area contributed by atoms with Crippen LogP contribution >= 0.6 is 0 Å². The van der Waals surface area contributed by atoms with Crippen molar-refractivity contribution in [3.05, 3.63) is 41.9 Å². The molecule has 0 aliphatic rings. The fourth-order valence-corrected chi connectivity index (χ4v) is 0.758. The van der Waals surface area contributed by atoms with Crippen LogP contribution in [0.1, 0.15) is 5.56 Å². The third-order valence-electron chi connectivity index (χ3n) is 1.29. The molecule has 0 saturated heterocycles. The Balaban J connectivity index is 2.89. The number of rotatable bonds is 2. The topological polar surface area (TPSA) is 49.7 Å². The lowest BCUT2D eigenvalue weighted by Crippen LogP contribution is -1.85. The number of ether oxygens (including phenoxy) is 1. The van der Waals surface area contributed by atoms with Crippen LogP contribution in [0.2, 0.25) is 0 Å². The Morgan fingerprint density at radius 1 is 1.50 bits per heavy atom. The molecule has 1 aromatic rings. The minimum Gasteiger partial charge on any atom is -0.497 e. The third-order valence-corrected chi connectivity index (χ3v) is 1.29. The molecule has 2 N–H and O–H groups in total. The normalized spacial score (nSPS) is 10.6. The van der Waals surface area contributed by atoms with E-state index in [0.29, 0.717) is 5.56 Å². The van der Waals surface area contributed by atoms with Crippen molar-refractivity contribution in [1.29, 1.82) is 0 Å². The second kappa shape index (κ2) is 3.60. The van der Waals surface area contributed by atoms with E-state index in [0.717, 1.165) is 0 Å². The van der Waals surface area contributed by atoms with Crippen LogP contribution in [0.3, 0.4) is 0 Å². The molecule has 0 aliphatic carbocycles. The Bertz CT molecular complexity index is 292. The zero-order valence-electron chi connectivity index (χ0n) is 6.61. The number of hydrogen-bond donors (Lipinski definition) is 2. The molecule has 0 saturated carbocycles. The molecule has 0 atom stereocenters. The van der Waals surface area contributed by atoms with Gasteiger partial charge < -0.3 is 14.9 Å². The number of benzene rings is 1. The maximum Gasteiger partial charge on any atom is 0.400 e. The molecule has 1 rings (SSSR count). The van der Waals surface area contributed by atoms with Crippen LogP contribution in [0.5, 0.6) is 5.75 Å². The van der Waals surface area contributed by atoms with Crippen molar-refractivity contribution >= 4 is 0 Å². The van der Waals surface area contributed by atoms with Crippen molar-refractivity contribution in [2.45, 2.75) is 0 Å². The van der Waals surface area contributed by atoms with Crippen LogP contribution < -0.4 is 0 Å². The number of hydrogen-bond acceptors (Lipinski definition) is 3. The third kappa shape index (κ3) is 2.15. The first-order valence-electron chi connectivity index (χ1n) is 3.38. The molecule has 0 aromatic heterocycles. The van der Waals surface area contributed by atoms with Gasteiger partial charge in [-0.05, 0) is 0 Å². The van der Waals surface area contributed by atoms with Crippen LogP contribution in [0.15, 0.2) is 30.2 Å². The minimum absolute atomic E-state index is 0.129. The summed E-state index contributed by atoms with van der Waals surface area (Å²) in [5.41, 5.74) is 0.564. The summed E-state index contributed by atoms with van der Waals surface area (Å²) >= 11 is 0. The SMILES string of the molecule is COC(O)=[C+]c1cccc(O)c1. The molecular formula is C9H9O3+. The Morgan fingerprint density at radius 3 is 2.83 bits per heavy atom. The van der Waals surface area contributed by atoms with Gasteiger partial charge in [0.15, 0.2) is 11.3 Å². The van der Waals surface area contributed by atoms with E-state index in [1.165, 1.54) is 19.2 Å². The average Bonchev–Trinajstić information content (AvgIpc) is 2.04. The Labute approximate surface area is 70.5 Å². The van der Waals surface area contributed by atoms with E-state index in [9.17, 15) is 0 Å². The summed E-state index contributed by atoms with van der Waals surface area (Å²) in [5, 5.41) is 17.9. The highest BCUT2D eigenvalue weighted by Crippen LogP contribution is 2.11. The predicted molar refractivity (Wildman–Crippen MR) is 43.6 cm³/mol. The van der Waals surface area contributed by atoms with Crippen molar-refractivity contribution < 1.29 is 14.9 Å². The summed E-state index contributed by atoms with van der Waals surface area (Å²) in [6, 6.07) is 6.35. The van der Waals surface area contributed by atoms with Crippen molar-refractivity contribution in [3.63, 3.8) is 0 Å². The maximum atomic E-state index is 9.03. The predicted octanol–water partition coefficient (Wildman–Crippen LogP) is 1.59. The van der Waals surface area contributed by atoms with Gasteiger partial charge in [-0.15, -0.1) is 0 Å². The fourth-order valence-electron chi connectivity index (χ4n) is 0.758. The van der Waals surface area contributed by atoms with E-state index < -0.39 is 0 Å². The molecule has 3 nitrogen and oxygen atoms in total. The van der Waals surface area contributed by atoms with Crippen LogP contribution in [0.4, 0.5) is 0 Å². The smallest absolute Gasteiger partial charge is 0.400 e. The van der Waals surface area contributed by atoms with Gasteiger partial charge in [0.25, 0.3) is 0 Å². The highest BCUT2D eigenvalue weighted by atomic mass is 16.6. The zero-order chi connectivity index (χ0) is 8.97. The lowest BCUT2D eigenvalue weighted by molar-refractivity contribution is 0.134. The molecule has 0 amide bonds. The van der Waals surface area contributed by atoms with Gasteiger partial charge in [0.05, 0.1) is 19.2 Å². The van der Waals surface area contributed by atoms with Gasteiger partial charge >= 0.3 is 5.95 Å². The molecule has 12 heavy (non-hydrogen) atoms. The van der Waals surface area contributed by atoms with Gasteiger partial charge in [-0.25, -0.2) is 0 Å². The van der Waals surface area contributed by atoms with E-state index in [2.05, 4.69) is 10.8 Å². The number of aromatic hydroxyl groups is 1. The molecule has 0 spiro atoms. The molecular weight excluding hydrogens is 156 g/mol. The molecule has 0 aliphatic heterocycles. The summed E-state index contributed by atoms with van der Waals surface area (Å²) in [7, 11) is 1.34.